The first kappa shape index (κ1) is 21.1. The van der Waals surface area contributed by atoms with E-state index < -0.39 is 0 Å². The van der Waals surface area contributed by atoms with Crippen LogP contribution in [-0.4, -0.2) is 42.4 Å². The number of methoxy groups -OCH3 is 1. The van der Waals surface area contributed by atoms with Crippen molar-refractivity contribution >= 4 is 40.9 Å². The molecule has 0 aliphatic heterocycles. The molecule has 0 saturated carbocycles. The molecule has 0 atom stereocenters. The Morgan fingerprint density at radius 1 is 1.15 bits per heavy atom. The number of rotatable bonds is 8. The second-order valence-corrected chi connectivity index (χ2v) is 7.54. The SMILES string of the molecule is COc1ccc(C)cc1CN(C)C(=O)CSCC(=O)Nc1ccc(Cl)cc1. The molecule has 0 aliphatic rings. The summed E-state index contributed by atoms with van der Waals surface area (Å²) in [6.07, 6.45) is 0. The summed E-state index contributed by atoms with van der Waals surface area (Å²) in [5.41, 5.74) is 2.75. The van der Waals surface area contributed by atoms with Gasteiger partial charge in [0.25, 0.3) is 0 Å². The lowest BCUT2D eigenvalue weighted by atomic mass is 10.1. The van der Waals surface area contributed by atoms with Gasteiger partial charge in [0.15, 0.2) is 0 Å². The molecule has 27 heavy (non-hydrogen) atoms. The van der Waals surface area contributed by atoms with Gasteiger partial charge >= 0.3 is 0 Å². The van der Waals surface area contributed by atoms with Crippen molar-refractivity contribution in [3.8, 4) is 5.75 Å². The fraction of sp³-hybridized carbons (Fsp3) is 0.300. The fourth-order valence-electron chi connectivity index (χ4n) is 2.45. The smallest absolute Gasteiger partial charge is 0.234 e. The van der Waals surface area contributed by atoms with E-state index in [1.165, 1.54) is 11.8 Å². The van der Waals surface area contributed by atoms with Crippen LogP contribution in [-0.2, 0) is 16.1 Å². The largest absolute Gasteiger partial charge is 0.496 e. The predicted molar refractivity (Wildman–Crippen MR) is 112 cm³/mol. The molecule has 5 nitrogen and oxygen atoms in total. The molecule has 144 valence electrons. The number of hydrogen-bond acceptors (Lipinski definition) is 4. The van der Waals surface area contributed by atoms with Crippen molar-refractivity contribution in [3.63, 3.8) is 0 Å². The summed E-state index contributed by atoms with van der Waals surface area (Å²) in [4.78, 5) is 25.9. The minimum Gasteiger partial charge on any atom is -0.496 e. The summed E-state index contributed by atoms with van der Waals surface area (Å²) in [6, 6.07) is 12.8. The number of benzene rings is 2. The van der Waals surface area contributed by atoms with Crippen molar-refractivity contribution in [3.05, 3.63) is 58.6 Å². The standard InChI is InChI=1S/C20H23ClN2O3S/c1-14-4-9-18(26-3)15(10-14)11-23(2)20(25)13-27-12-19(24)22-17-7-5-16(21)6-8-17/h4-10H,11-13H2,1-3H3,(H,22,24). The van der Waals surface area contributed by atoms with Gasteiger partial charge in [-0.2, -0.15) is 0 Å². The highest BCUT2D eigenvalue weighted by Gasteiger charge is 2.13. The number of thioether (sulfide) groups is 1. The van der Waals surface area contributed by atoms with E-state index in [0.29, 0.717) is 17.3 Å². The average Bonchev–Trinajstić information content (AvgIpc) is 2.63. The number of halogens is 1. The number of carbonyl (C=O) groups is 2. The molecule has 2 rings (SSSR count). The lowest BCUT2D eigenvalue weighted by molar-refractivity contribution is -0.127. The van der Waals surface area contributed by atoms with Crippen LogP contribution in [0.25, 0.3) is 0 Å². The van der Waals surface area contributed by atoms with Crippen molar-refractivity contribution < 1.29 is 14.3 Å². The molecule has 0 aliphatic carbocycles. The monoisotopic (exact) mass is 406 g/mol. The molecule has 7 heteroatoms. The Kier molecular flexibility index (Phi) is 8.00. The van der Waals surface area contributed by atoms with Crippen LogP contribution in [0.2, 0.25) is 5.02 Å². The number of aryl methyl sites for hydroxylation is 1. The third kappa shape index (κ3) is 6.81. The first-order valence-electron chi connectivity index (χ1n) is 8.39. The number of amides is 2. The third-order valence-corrected chi connectivity index (χ3v) is 5.03. The van der Waals surface area contributed by atoms with Crippen molar-refractivity contribution in [2.45, 2.75) is 13.5 Å². The Morgan fingerprint density at radius 3 is 2.52 bits per heavy atom. The van der Waals surface area contributed by atoms with E-state index in [2.05, 4.69) is 5.32 Å². The fourth-order valence-corrected chi connectivity index (χ4v) is 3.33. The summed E-state index contributed by atoms with van der Waals surface area (Å²) >= 11 is 7.10. The van der Waals surface area contributed by atoms with Crippen molar-refractivity contribution in [1.29, 1.82) is 0 Å². The Labute approximate surface area is 169 Å². The number of hydrogen-bond donors (Lipinski definition) is 1. The number of anilines is 1. The Balaban J connectivity index is 1.78. The molecular formula is C20H23ClN2O3S. The van der Waals surface area contributed by atoms with E-state index in [-0.39, 0.29) is 23.3 Å². The highest BCUT2D eigenvalue weighted by Crippen LogP contribution is 2.21. The number of nitrogens with one attached hydrogen (secondary N) is 1. The van der Waals surface area contributed by atoms with Crippen LogP contribution >= 0.6 is 23.4 Å². The van der Waals surface area contributed by atoms with Gasteiger partial charge in [0.05, 0.1) is 18.6 Å². The third-order valence-electron chi connectivity index (χ3n) is 3.86. The highest BCUT2D eigenvalue weighted by molar-refractivity contribution is 8.00. The summed E-state index contributed by atoms with van der Waals surface area (Å²) in [7, 11) is 3.36. The predicted octanol–water partition coefficient (Wildman–Crippen LogP) is 3.99. The summed E-state index contributed by atoms with van der Waals surface area (Å²) in [6.45, 7) is 2.46. The van der Waals surface area contributed by atoms with Gasteiger partial charge in [-0.05, 0) is 37.3 Å². The highest BCUT2D eigenvalue weighted by atomic mass is 35.5. The maximum absolute atomic E-state index is 12.3. The zero-order valence-electron chi connectivity index (χ0n) is 15.6. The number of ether oxygens (including phenoxy) is 1. The Morgan fingerprint density at radius 2 is 1.85 bits per heavy atom. The Hall–Kier alpha value is -2.18. The van der Waals surface area contributed by atoms with Gasteiger partial charge in [-0.15, -0.1) is 11.8 Å². The summed E-state index contributed by atoms with van der Waals surface area (Å²) in [5, 5.41) is 3.39. The maximum Gasteiger partial charge on any atom is 0.234 e. The van der Waals surface area contributed by atoms with Crippen LogP contribution in [0.15, 0.2) is 42.5 Å². The topological polar surface area (TPSA) is 58.6 Å². The van der Waals surface area contributed by atoms with E-state index >= 15 is 0 Å². The van der Waals surface area contributed by atoms with Gasteiger partial charge in [-0.1, -0.05) is 29.3 Å². The van der Waals surface area contributed by atoms with Gasteiger partial charge in [0.2, 0.25) is 11.8 Å². The normalized spacial score (nSPS) is 10.4. The van der Waals surface area contributed by atoms with Gasteiger partial charge in [-0.3, -0.25) is 9.59 Å². The zero-order chi connectivity index (χ0) is 19.8. The molecule has 0 radical (unpaired) electrons. The van der Waals surface area contributed by atoms with Gasteiger partial charge in [0, 0.05) is 29.9 Å². The molecule has 0 spiro atoms. The van der Waals surface area contributed by atoms with Gasteiger partial charge in [-0.25, -0.2) is 0 Å². The molecule has 1 N–H and O–H groups in total. The van der Waals surface area contributed by atoms with Crippen LogP contribution in [0.4, 0.5) is 5.69 Å². The van der Waals surface area contributed by atoms with Crippen molar-refractivity contribution in [1.82, 2.24) is 4.90 Å². The molecule has 0 bridgehead atoms. The van der Waals surface area contributed by atoms with E-state index in [1.807, 2.05) is 25.1 Å². The van der Waals surface area contributed by atoms with Crippen LogP contribution in [0.1, 0.15) is 11.1 Å². The zero-order valence-corrected chi connectivity index (χ0v) is 17.2. The molecule has 0 aromatic heterocycles. The van der Waals surface area contributed by atoms with E-state index in [1.54, 1.807) is 43.3 Å². The van der Waals surface area contributed by atoms with E-state index in [0.717, 1.165) is 16.9 Å². The molecule has 0 unspecified atom stereocenters. The maximum atomic E-state index is 12.3. The van der Waals surface area contributed by atoms with Crippen LogP contribution in [0.3, 0.4) is 0 Å². The lowest BCUT2D eigenvalue weighted by Crippen LogP contribution is -2.28. The molecule has 0 saturated heterocycles. The summed E-state index contributed by atoms with van der Waals surface area (Å²) in [5.74, 6) is 1.01. The number of nitrogens with zero attached hydrogens (tertiary/aromatic N) is 1. The second kappa shape index (κ2) is 10.2. The minimum absolute atomic E-state index is 0.0390. The minimum atomic E-state index is -0.155. The first-order valence-corrected chi connectivity index (χ1v) is 9.93. The van der Waals surface area contributed by atoms with Crippen LogP contribution < -0.4 is 10.1 Å². The van der Waals surface area contributed by atoms with E-state index in [9.17, 15) is 9.59 Å². The first-order chi connectivity index (χ1) is 12.9. The van der Waals surface area contributed by atoms with Crippen molar-refractivity contribution in [2.75, 3.05) is 31.0 Å². The quantitative estimate of drug-likeness (QED) is 0.720. The molecular weight excluding hydrogens is 384 g/mol. The van der Waals surface area contributed by atoms with Crippen LogP contribution in [0.5, 0.6) is 5.75 Å². The molecule has 0 heterocycles. The summed E-state index contributed by atoms with van der Waals surface area (Å²) < 4.78 is 5.35. The Bertz CT molecular complexity index is 796. The lowest BCUT2D eigenvalue weighted by Gasteiger charge is -2.19. The number of carbonyl (C=O) groups excluding carboxylic acids is 2. The molecule has 2 aromatic rings. The second-order valence-electron chi connectivity index (χ2n) is 6.11. The molecule has 2 aromatic carbocycles. The van der Waals surface area contributed by atoms with Crippen molar-refractivity contribution in [2.24, 2.45) is 0 Å². The van der Waals surface area contributed by atoms with E-state index in [4.69, 9.17) is 16.3 Å². The average molecular weight is 407 g/mol. The van der Waals surface area contributed by atoms with Gasteiger partial charge < -0.3 is 15.0 Å². The van der Waals surface area contributed by atoms with Crippen LogP contribution in [0, 0.1) is 6.92 Å². The molecule has 2 amide bonds. The molecule has 0 fully saturated rings. The van der Waals surface area contributed by atoms with Gasteiger partial charge in [0.1, 0.15) is 5.75 Å².